The number of hydrogen-bond acceptors (Lipinski definition) is 2. The molecule has 1 atom stereocenters. The van der Waals surface area contributed by atoms with Gasteiger partial charge in [0.25, 0.3) is 0 Å². The molecule has 2 heteroatoms. The Kier molecular flexibility index (Phi) is 13.9. The lowest BCUT2D eigenvalue weighted by Gasteiger charge is -2.16. The van der Waals surface area contributed by atoms with Crippen LogP contribution in [0.2, 0.25) is 0 Å². The Hall–Kier alpha value is -0.0800. The molecule has 0 fully saturated rings. The lowest BCUT2D eigenvalue weighted by atomic mass is 9.96. The largest absolute Gasteiger partial charge is 0.382 e. The summed E-state index contributed by atoms with van der Waals surface area (Å²) in [6.07, 6.45) is 10.8. The molecular formula is C15H32O2. The van der Waals surface area contributed by atoms with Crippen molar-refractivity contribution in [3.05, 3.63) is 0 Å². The van der Waals surface area contributed by atoms with Crippen LogP contribution in [0.5, 0.6) is 0 Å². The van der Waals surface area contributed by atoms with Gasteiger partial charge >= 0.3 is 0 Å². The van der Waals surface area contributed by atoms with Crippen LogP contribution in [0.4, 0.5) is 0 Å². The average Bonchev–Trinajstić information content (AvgIpc) is 2.35. The predicted octanol–water partition coefficient (Wildman–Crippen LogP) is 4.43. The molecule has 0 rings (SSSR count). The highest BCUT2D eigenvalue weighted by Gasteiger charge is 2.08. The maximum atomic E-state index is 5.67. The fourth-order valence-electron chi connectivity index (χ4n) is 2.06. The van der Waals surface area contributed by atoms with E-state index >= 15 is 0 Å². The van der Waals surface area contributed by atoms with Crippen LogP contribution < -0.4 is 0 Å². The van der Waals surface area contributed by atoms with Gasteiger partial charge in [0, 0.05) is 13.7 Å². The molecule has 0 saturated heterocycles. The molecule has 0 amide bonds. The summed E-state index contributed by atoms with van der Waals surface area (Å²) in [4.78, 5) is 0. The number of unbranched alkanes of at least 4 members (excludes halogenated alkanes) is 4. The van der Waals surface area contributed by atoms with Gasteiger partial charge in [0.1, 0.15) is 0 Å². The normalized spacial score (nSPS) is 12.9. The van der Waals surface area contributed by atoms with E-state index in [4.69, 9.17) is 9.47 Å². The fourth-order valence-corrected chi connectivity index (χ4v) is 2.06. The molecule has 0 radical (unpaired) electrons. The average molecular weight is 244 g/mol. The molecule has 0 N–H and O–H groups in total. The van der Waals surface area contributed by atoms with E-state index in [-0.39, 0.29) is 0 Å². The lowest BCUT2D eigenvalue weighted by molar-refractivity contribution is 0.0470. The Morgan fingerprint density at radius 1 is 0.824 bits per heavy atom. The summed E-state index contributed by atoms with van der Waals surface area (Å²) in [5, 5.41) is 0. The lowest BCUT2D eigenvalue weighted by Crippen LogP contribution is -2.12. The van der Waals surface area contributed by atoms with Gasteiger partial charge in [-0.05, 0) is 18.8 Å². The van der Waals surface area contributed by atoms with E-state index in [1.807, 2.05) is 0 Å². The Morgan fingerprint density at radius 2 is 1.53 bits per heavy atom. The Labute approximate surface area is 108 Å². The first kappa shape index (κ1) is 16.9. The van der Waals surface area contributed by atoms with E-state index in [9.17, 15) is 0 Å². The Morgan fingerprint density at radius 3 is 2.18 bits per heavy atom. The quantitative estimate of drug-likeness (QED) is 0.446. The van der Waals surface area contributed by atoms with Crippen LogP contribution in [0.3, 0.4) is 0 Å². The molecule has 0 aliphatic carbocycles. The van der Waals surface area contributed by atoms with Crippen molar-refractivity contribution in [2.45, 2.75) is 65.2 Å². The van der Waals surface area contributed by atoms with Crippen molar-refractivity contribution in [1.29, 1.82) is 0 Å². The molecule has 0 heterocycles. The summed E-state index contributed by atoms with van der Waals surface area (Å²) >= 11 is 0. The van der Waals surface area contributed by atoms with Gasteiger partial charge < -0.3 is 9.47 Å². The molecule has 1 unspecified atom stereocenters. The van der Waals surface area contributed by atoms with E-state index in [1.165, 1.54) is 51.4 Å². The molecule has 0 aromatic rings. The van der Waals surface area contributed by atoms with Crippen molar-refractivity contribution in [3.8, 4) is 0 Å². The monoisotopic (exact) mass is 244 g/mol. The van der Waals surface area contributed by atoms with Gasteiger partial charge in [-0.15, -0.1) is 0 Å². The van der Waals surface area contributed by atoms with Gasteiger partial charge in [0.05, 0.1) is 13.2 Å². The highest BCUT2D eigenvalue weighted by molar-refractivity contribution is 4.59. The van der Waals surface area contributed by atoms with Crippen molar-refractivity contribution in [2.75, 3.05) is 26.9 Å². The van der Waals surface area contributed by atoms with Crippen molar-refractivity contribution in [1.82, 2.24) is 0 Å². The molecule has 0 aromatic heterocycles. The van der Waals surface area contributed by atoms with E-state index in [0.29, 0.717) is 0 Å². The van der Waals surface area contributed by atoms with Gasteiger partial charge in [-0.3, -0.25) is 0 Å². The topological polar surface area (TPSA) is 18.5 Å². The summed E-state index contributed by atoms with van der Waals surface area (Å²) in [7, 11) is 1.72. The number of hydrogen-bond donors (Lipinski definition) is 0. The Bertz CT molecular complexity index is 125. The minimum absolute atomic E-state index is 0.719. The minimum Gasteiger partial charge on any atom is -0.382 e. The second kappa shape index (κ2) is 14.0. The molecule has 17 heavy (non-hydrogen) atoms. The molecule has 0 aromatic carbocycles. The molecule has 2 nitrogen and oxygen atoms in total. The first-order valence-corrected chi connectivity index (χ1v) is 7.41. The van der Waals surface area contributed by atoms with Crippen LogP contribution in [-0.2, 0) is 9.47 Å². The number of rotatable bonds is 13. The second-order valence-corrected chi connectivity index (χ2v) is 4.93. The van der Waals surface area contributed by atoms with Gasteiger partial charge in [-0.2, -0.15) is 0 Å². The summed E-state index contributed by atoms with van der Waals surface area (Å²) in [6, 6.07) is 0. The molecule has 0 bridgehead atoms. The van der Waals surface area contributed by atoms with Gasteiger partial charge in [-0.1, -0.05) is 52.4 Å². The van der Waals surface area contributed by atoms with Crippen LogP contribution in [0.1, 0.15) is 65.2 Å². The molecule has 0 aliphatic heterocycles. The van der Waals surface area contributed by atoms with Crippen molar-refractivity contribution in [3.63, 3.8) is 0 Å². The molecule has 104 valence electrons. The van der Waals surface area contributed by atoms with Crippen LogP contribution in [0.15, 0.2) is 0 Å². The number of methoxy groups -OCH3 is 1. The molecular weight excluding hydrogens is 212 g/mol. The van der Waals surface area contributed by atoms with Gasteiger partial charge in [0.2, 0.25) is 0 Å². The minimum atomic E-state index is 0.719. The highest BCUT2D eigenvalue weighted by atomic mass is 16.5. The predicted molar refractivity (Wildman–Crippen MR) is 74.5 cm³/mol. The summed E-state index contributed by atoms with van der Waals surface area (Å²) in [5.41, 5.74) is 0. The Balaban J connectivity index is 3.56. The first-order chi connectivity index (χ1) is 8.35. The van der Waals surface area contributed by atoms with Crippen molar-refractivity contribution in [2.24, 2.45) is 5.92 Å². The standard InChI is InChI=1S/C15H32O2/c1-4-6-8-9-11-15(10-7-5-2)14-17-13-12-16-3/h15H,4-14H2,1-3H3. The van der Waals surface area contributed by atoms with Crippen LogP contribution in [-0.4, -0.2) is 26.9 Å². The maximum absolute atomic E-state index is 5.67. The van der Waals surface area contributed by atoms with Crippen LogP contribution in [0.25, 0.3) is 0 Å². The zero-order chi connectivity index (χ0) is 12.8. The van der Waals surface area contributed by atoms with Crippen molar-refractivity contribution < 1.29 is 9.47 Å². The fraction of sp³-hybridized carbons (Fsp3) is 1.00. The SMILES string of the molecule is CCCCCCC(CCCC)COCCOC. The third-order valence-corrected chi connectivity index (χ3v) is 3.22. The third kappa shape index (κ3) is 12.2. The molecule has 0 saturated carbocycles. The molecule has 0 aliphatic rings. The highest BCUT2D eigenvalue weighted by Crippen LogP contribution is 2.17. The maximum Gasteiger partial charge on any atom is 0.0700 e. The van der Waals surface area contributed by atoms with Gasteiger partial charge in [0.15, 0.2) is 0 Å². The van der Waals surface area contributed by atoms with E-state index in [1.54, 1.807) is 7.11 Å². The van der Waals surface area contributed by atoms with Crippen LogP contribution in [0, 0.1) is 5.92 Å². The summed E-state index contributed by atoms with van der Waals surface area (Å²) in [6.45, 7) is 6.92. The third-order valence-electron chi connectivity index (χ3n) is 3.22. The van der Waals surface area contributed by atoms with E-state index in [0.717, 1.165) is 25.7 Å². The summed E-state index contributed by atoms with van der Waals surface area (Å²) in [5.74, 6) is 0.767. The van der Waals surface area contributed by atoms with Gasteiger partial charge in [-0.25, -0.2) is 0 Å². The van der Waals surface area contributed by atoms with E-state index < -0.39 is 0 Å². The molecule has 0 spiro atoms. The second-order valence-electron chi connectivity index (χ2n) is 4.93. The number of ether oxygens (including phenoxy) is 2. The van der Waals surface area contributed by atoms with Crippen LogP contribution >= 0.6 is 0 Å². The zero-order valence-corrected chi connectivity index (χ0v) is 12.2. The first-order valence-electron chi connectivity index (χ1n) is 7.41. The summed E-state index contributed by atoms with van der Waals surface area (Å²) < 4.78 is 10.7. The van der Waals surface area contributed by atoms with Crippen molar-refractivity contribution >= 4 is 0 Å². The van der Waals surface area contributed by atoms with E-state index in [2.05, 4.69) is 13.8 Å². The smallest absolute Gasteiger partial charge is 0.0700 e. The zero-order valence-electron chi connectivity index (χ0n) is 12.2.